The Morgan fingerprint density at radius 1 is 1.14 bits per heavy atom. The number of hydrogen-bond acceptors (Lipinski definition) is 4. The van der Waals surface area contributed by atoms with Gasteiger partial charge in [0.1, 0.15) is 0 Å². The molecular formula is C20H13InN4O2S. The van der Waals surface area contributed by atoms with Gasteiger partial charge < -0.3 is 0 Å². The fraction of sp³-hybridized carbons (Fsp3) is 0.100. The van der Waals surface area contributed by atoms with Crippen LogP contribution >= 0.6 is 11.8 Å². The normalized spacial score (nSPS) is 20.1. The monoisotopic (exact) mass is 488 g/mol. The predicted molar refractivity (Wildman–Crippen MR) is 111 cm³/mol. The van der Waals surface area contributed by atoms with Crippen LogP contribution in [-0.4, -0.2) is 32.6 Å². The van der Waals surface area contributed by atoms with Gasteiger partial charge in [-0.05, 0) is 0 Å². The van der Waals surface area contributed by atoms with Crippen LogP contribution in [0, 0.1) is 0 Å². The number of thioether (sulfide) groups is 1. The van der Waals surface area contributed by atoms with Crippen LogP contribution in [0.3, 0.4) is 0 Å². The van der Waals surface area contributed by atoms with Crippen LogP contribution in [0.15, 0.2) is 61.9 Å². The predicted octanol–water partition coefficient (Wildman–Crippen LogP) is 4.01. The Bertz CT molecular complexity index is 1150. The second kappa shape index (κ2) is 6.88. The van der Waals surface area contributed by atoms with Crippen LogP contribution in [0.5, 0.6) is 0 Å². The first-order valence-corrected chi connectivity index (χ1v) is 14.6. The van der Waals surface area contributed by atoms with Gasteiger partial charge in [-0.1, -0.05) is 0 Å². The van der Waals surface area contributed by atoms with Crippen molar-refractivity contribution in [2.24, 2.45) is 5.11 Å². The first-order chi connectivity index (χ1) is 13.7. The molecule has 3 aliphatic rings. The summed E-state index contributed by atoms with van der Waals surface area (Å²) in [6.45, 7) is 0. The molecule has 0 saturated carbocycles. The van der Waals surface area contributed by atoms with Gasteiger partial charge in [-0.25, -0.2) is 0 Å². The van der Waals surface area contributed by atoms with Crippen molar-refractivity contribution in [3.05, 3.63) is 83.9 Å². The zero-order chi connectivity index (χ0) is 19.3. The molecule has 1 fully saturated rings. The molecule has 2 aromatic rings. The first-order valence-electron chi connectivity index (χ1n) is 8.87. The molecule has 8 heteroatoms. The number of rotatable bonds is 4. The zero-order valence-corrected chi connectivity index (χ0v) is 18.7. The number of benzene rings is 2. The molecule has 0 spiro atoms. The van der Waals surface area contributed by atoms with Gasteiger partial charge in [-0.3, -0.25) is 0 Å². The Hall–Kier alpha value is -2.41. The Labute approximate surface area is 172 Å². The van der Waals surface area contributed by atoms with E-state index in [9.17, 15) is 9.59 Å². The van der Waals surface area contributed by atoms with E-state index in [1.165, 1.54) is 12.2 Å². The molecule has 0 aromatic heterocycles. The number of carbonyl (C=O) groups is 2. The fourth-order valence-electron chi connectivity index (χ4n) is 4.30. The van der Waals surface area contributed by atoms with Gasteiger partial charge in [-0.15, -0.1) is 0 Å². The second-order valence-electron chi connectivity index (χ2n) is 6.88. The molecule has 1 N–H and O–H groups in total. The van der Waals surface area contributed by atoms with Crippen LogP contribution in [0.2, 0.25) is 0 Å². The van der Waals surface area contributed by atoms with Crippen molar-refractivity contribution in [3.8, 4) is 0 Å². The van der Waals surface area contributed by atoms with Gasteiger partial charge in [0.2, 0.25) is 0 Å². The zero-order valence-electron chi connectivity index (χ0n) is 14.6. The van der Waals surface area contributed by atoms with Gasteiger partial charge in [0.15, 0.2) is 0 Å². The SMILES string of the molecule is [N-]=[N+]=NC(C[C]1=Cc2c3ccc[c]2[In]1/[C]3=C1\SC(=O)NC1=O)c1ccccc1. The van der Waals surface area contributed by atoms with Gasteiger partial charge in [-0.2, -0.15) is 0 Å². The second-order valence-corrected chi connectivity index (χ2v) is 15.9. The van der Waals surface area contributed by atoms with E-state index < -0.39 is 21.4 Å². The number of nitrogens with zero attached hydrogens (tertiary/aromatic N) is 3. The molecule has 5 rings (SSSR count). The number of azide groups is 1. The minimum absolute atomic E-state index is 0.273. The van der Waals surface area contributed by atoms with Crippen molar-refractivity contribution in [2.75, 3.05) is 0 Å². The molecule has 1 unspecified atom stereocenters. The average Bonchev–Trinajstić information content (AvgIpc) is 3.27. The quantitative estimate of drug-likeness (QED) is 0.305. The van der Waals surface area contributed by atoms with E-state index in [1.807, 2.05) is 42.5 Å². The number of amides is 2. The molecular weight excluding hydrogens is 475 g/mol. The van der Waals surface area contributed by atoms with Crippen molar-refractivity contribution in [1.82, 2.24) is 5.32 Å². The Kier molecular flexibility index (Phi) is 4.34. The molecule has 4 bridgehead atoms. The van der Waals surface area contributed by atoms with E-state index in [1.54, 1.807) is 0 Å². The van der Waals surface area contributed by atoms with E-state index in [4.69, 9.17) is 5.53 Å². The molecule has 3 heterocycles. The van der Waals surface area contributed by atoms with Gasteiger partial charge in [0.05, 0.1) is 0 Å². The van der Waals surface area contributed by atoms with Crippen LogP contribution in [0.1, 0.15) is 29.2 Å². The van der Waals surface area contributed by atoms with Crippen LogP contribution in [0.25, 0.3) is 19.8 Å². The summed E-state index contributed by atoms with van der Waals surface area (Å²) >= 11 is -1.67. The average molecular weight is 488 g/mol. The first kappa shape index (κ1) is 17.7. The third kappa shape index (κ3) is 2.71. The molecule has 134 valence electrons. The molecule has 3 aliphatic heterocycles. The summed E-state index contributed by atoms with van der Waals surface area (Å²) < 4.78 is 3.78. The third-order valence-electron chi connectivity index (χ3n) is 5.40. The van der Waals surface area contributed by atoms with Gasteiger partial charge >= 0.3 is 173 Å². The van der Waals surface area contributed by atoms with Crippen molar-refractivity contribution < 1.29 is 9.59 Å². The summed E-state index contributed by atoms with van der Waals surface area (Å²) in [7, 11) is 0. The van der Waals surface area contributed by atoms with E-state index in [0.29, 0.717) is 11.3 Å². The molecule has 1 atom stereocenters. The molecule has 28 heavy (non-hydrogen) atoms. The topological polar surface area (TPSA) is 94.9 Å². The fourth-order valence-corrected chi connectivity index (χ4v) is 16.8. The Morgan fingerprint density at radius 3 is 2.64 bits per heavy atom. The Morgan fingerprint density at radius 2 is 1.96 bits per heavy atom. The maximum atomic E-state index is 12.4. The summed E-state index contributed by atoms with van der Waals surface area (Å²) in [6.07, 6.45) is 2.89. The Balaban J connectivity index is 1.57. The maximum absolute atomic E-state index is 12.4. The number of imide groups is 1. The van der Waals surface area contributed by atoms with Crippen molar-refractivity contribution >= 4 is 57.1 Å². The summed E-state index contributed by atoms with van der Waals surface area (Å²) in [5.74, 6) is -0.281. The van der Waals surface area contributed by atoms with Gasteiger partial charge in [0.25, 0.3) is 0 Å². The van der Waals surface area contributed by atoms with Crippen LogP contribution in [0.4, 0.5) is 4.79 Å². The molecule has 2 aromatic carbocycles. The number of nitrogens with one attached hydrogen (secondary N) is 1. The standard InChI is InChI=1S/C20H13N4O2S.In/c21-24-23-17(15-8-2-1-3-9-15)12-6-11-14-7-4-5-10-16(14)13-18-19(25)22-20(26)27-18;/h1-5,8-11,17H,12H2,(H,22,25,26);. The van der Waals surface area contributed by atoms with Crippen molar-refractivity contribution in [2.45, 2.75) is 12.5 Å². The summed E-state index contributed by atoms with van der Waals surface area (Å²) in [6, 6.07) is 15.7. The van der Waals surface area contributed by atoms with Crippen molar-refractivity contribution in [1.29, 1.82) is 0 Å². The van der Waals surface area contributed by atoms with Gasteiger partial charge in [0, 0.05) is 0 Å². The van der Waals surface area contributed by atoms with Crippen molar-refractivity contribution in [3.63, 3.8) is 0 Å². The minimum atomic E-state index is -2.69. The summed E-state index contributed by atoms with van der Waals surface area (Å²) in [5.41, 5.74) is 12.4. The van der Waals surface area contributed by atoms with E-state index in [-0.39, 0.29) is 17.2 Å². The van der Waals surface area contributed by atoms with E-state index in [0.717, 1.165) is 26.2 Å². The van der Waals surface area contributed by atoms with E-state index in [2.05, 4.69) is 27.5 Å². The van der Waals surface area contributed by atoms with Crippen LogP contribution < -0.4 is 8.64 Å². The summed E-state index contributed by atoms with van der Waals surface area (Å²) in [5, 5.41) is 6.13. The van der Waals surface area contributed by atoms with Crippen LogP contribution in [-0.2, 0) is 4.79 Å². The molecule has 0 radical (unpaired) electrons. The third-order valence-corrected chi connectivity index (χ3v) is 16.7. The number of hydrogen-bond donors (Lipinski definition) is 1. The summed E-state index contributed by atoms with van der Waals surface area (Å²) in [4.78, 5) is 27.7. The molecule has 1 saturated heterocycles. The van der Waals surface area contributed by atoms with E-state index >= 15 is 0 Å². The number of carbonyl (C=O) groups excluding carboxylic acids is 2. The molecule has 6 nitrogen and oxygen atoms in total. The molecule has 0 aliphatic carbocycles. The molecule has 2 amide bonds.